The van der Waals surface area contributed by atoms with Crippen molar-refractivity contribution < 1.29 is 9.94 Å². The maximum atomic E-state index is 8.75. The van der Waals surface area contributed by atoms with Crippen molar-refractivity contribution in [1.82, 2.24) is 0 Å². The third kappa shape index (κ3) is 3.34. The molecule has 2 aromatic rings. The van der Waals surface area contributed by atoms with Crippen molar-refractivity contribution in [2.45, 2.75) is 27.4 Å². The Balaban J connectivity index is 2.24. The van der Waals surface area contributed by atoms with Crippen LogP contribution in [0.15, 0.2) is 41.6 Å². The summed E-state index contributed by atoms with van der Waals surface area (Å²) in [6.07, 6.45) is 0. The highest BCUT2D eigenvalue weighted by Crippen LogP contribution is 2.22. The normalized spacial score (nSPS) is 11.5. The van der Waals surface area contributed by atoms with Crippen molar-refractivity contribution in [3.63, 3.8) is 0 Å². The molecule has 0 heterocycles. The molecule has 2 aromatic carbocycles. The summed E-state index contributed by atoms with van der Waals surface area (Å²) < 4.78 is 5.93. The fourth-order valence-electron chi connectivity index (χ4n) is 2.20. The van der Waals surface area contributed by atoms with Gasteiger partial charge in [-0.2, -0.15) is 0 Å². The van der Waals surface area contributed by atoms with E-state index in [1.165, 1.54) is 16.7 Å². The molecule has 4 nitrogen and oxygen atoms in total. The molecule has 4 heteroatoms. The van der Waals surface area contributed by atoms with Crippen LogP contribution in [0.25, 0.3) is 0 Å². The van der Waals surface area contributed by atoms with Gasteiger partial charge < -0.3 is 15.7 Å². The first kappa shape index (κ1) is 14.9. The highest BCUT2D eigenvalue weighted by molar-refractivity contribution is 5.97. The second kappa shape index (κ2) is 6.31. The van der Waals surface area contributed by atoms with Crippen molar-refractivity contribution in [2.24, 2.45) is 10.9 Å². The van der Waals surface area contributed by atoms with Crippen LogP contribution in [-0.2, 0) is 6.61 Å². The zero-order valence-corrected chi connectivity index (χ0v) is 12.6. The topological polar surface area (TPSA) is 67.8 Å². The molecule has 0 spiro atoms. The number of nitrogens with two attached hydrogens (primary N) is 1. The minimum absolute atomic E-state index is 0.0759. The first-order chi connectivity index (χ1) is 10.0. The van der Waals surface area contributed by atoms with E-state index < -0.39 is 0 Å². The van der Waals surface area contributed by atoms with Crippen LogP contribution < -0.4 is 10.5 Å². The Labute approximate surface area is 124 Å². The number of nitrogens with zero attached hydrogens (tertiary/aromatic N) is 1. The first-order valence-corrected chi connectivity index (χ1v) is 6.79. The van der Waals surface area contributed by atoms with E-state index in [1.807, 2.05) is 19.1 Å². The van der Waals surface area contributed by atoms with Crippen molar-refractivity contribution in [2.75, 3.05) is 0 Å². The maximum absolute atomic E-state index is 8.75. The highest BCUT2D eigenvalue weighted by atomic mass is 16.5. The average Bonchev–Trinajstić information content (AvgIpc) is 2.47. The zero-order valence-electron chi connectivity index (χ0n) is 12.6. The summed E-state index contributed by atoms with van der Waals surface area (Å²) in [6, 6.07) is 11.7. The van der Waals surface area contributed by atoms with Crippen LogP contribution in [0.5, 0.6) is 5.75 Å². The molecule has 0 aromatic heterocycles. The number of aryl methyl sites for hydroxylation is 3. The molecule has 0 bridgehead atoms. The molecule has 0 aliphatic carbocycles. The van der Waals surface area contributed by atoms with E-state index in [0.717, 1.165) is 11.3 Å². The van der Waals surface area contributed by atoms with Crippen molar-refractivity contribution >= 4 is 5.84 Å². The van der Waals surface area contributed by atoms with E-state index in [-0.39, 0.29) is 5.84 Å². The van der Waals surface area contributed by atoms with Gasteiger partial charge in [0.25, 0.3) is 0 Å². The Hall–Kier alpha value is -2.49. The Morgan fingerprint density at radius 3 is 2.38 bits per heavy atom. The standard InChI is InChI=1S/C17H20N2O2/c1-11-5-4-6-12(2)15(11)10-21-16-9-14(17(18)19-20)8-7-13(16)3/h4-9,20H,10H2,1-3H3,(H2,18,19). The number of amidine groups is 1. The summed E-state index contributed by atoms with van der Waals surface area (Å²) in [5.74, 6) is 0.814. The lowest BCUT2D eigenvalue weighted by Gasteiger charge is -2.14. The summed E-state index contributed by atoms with van der Waals surface area (Å²) in [6.45, 7) is 6.62. The van der Waals surface area contributed by atoms with Crippen LogP contribution in [0.3, 0.4) is 0 Å². The quantitative estimate of drug-likeness (QED) is 0.392. The zero-order chi connectivity index (χ0) is 15.4. The lowest BCUT2D eigenvalue weighted by molar-refractivity contribution is 0.302. The third-order valence-corrected chi connectivity index (χ3v) is 3.61. The molecule has 0 aliphatic rings. The van der Waals surface area contributed by atoms with Gasteiger partial charge in [0, 0.05) is 5.56 Å². The van der Waals surface area contributed by atoms with E-state index in [0.29, 0.717) is 12.2 Å². The predicted molar refractivity (Wildman–Crippen MR) is 83.9 cm³/mol. The molecule has 0 atom stereocenters. The number of rotatable bonds is 4. The van der Waals surface area contributed by atoms with Gasteiger partial charge >= 0.3 is 0 Å². The van der Waals surface area contributed by atoms with Crippen molar-refractivity contribution in [1.29, 1.82) is 0 Å². The van der Waals surface area contributed by atoms with Crippen LogP contribution in [-0.4, -0.2) is 11.0 Å². The van der Waals surface area contributed by atoms with Gasteiger partial charge in [-0.25, -0.2) is 0 Å². The van der Waals surface area contributed by atoms with Gasteiger partial charge in [0.2, 0.25) is 0 Å². The number of hydrogen-bond donors (Lipinski definition) is 2. The predicted octanol–water partition coefficient (Wildman–Crippen LogP) is 3.29. The first-order valence-electron chi connectivity index (χ1n) is 6.79. The van der Waals surface area contributed by atoms with Gasteiger partial charge in [0.15, 0.2) is 5.84 Å². The highest BCUT2D eigenvalue weighted by Gasteiger charge is 2.07. The van der Waals surface area contributed by atoms with E-state index in [1.54, 1.807) is 12.1 Å². The lowest BCUT2D eigenvalue weighted by atomic mass is 10.0. The number of benzene rings is 2. The van der Waals surface area contributed by atoms with Crippen LogP contribution in [0.2, 0.25) is 0 Å². The summed E-state index contributed by atoms with van der Waals surface area (Å²) in [4.78, 5) is 0. The van der Waals surface area contributed by atoms with Gasteiger partial charge in [-0.05, 0) is 49.1 Å². The Morgan fingerprint density at radius 1 is 1.10 bits per heavy atom. The molecule has 0 amide bonds. The minimum Gasteiger partial charge on any atom is -0.489 e. The van der Waals surface area contributed by atoms with Gasteiger partial charge in [0.05, 0.1) is 0 Å². The fourth-order valence-corrected chi connectivity index (χ4v) is 2.20. The van der Waals surface area contributed by atoms with Gasteiger partial charge in [0.1, 0.15) is 12.4 Å². The lowest BCUT2D eigenvalue weighted by Crippen LogP contribution is -2.13. The second-order valence-electron chi connectivity index (χ2n) is 5.12. The average molecular weight is 284 g/mol. The van der Waals surface area contributed by atoms with Crippen LogP contribution in [0.1, 0.15) is 27.8 Å². The summed E-state index contributed by atoms with van der Waals surface area (Å²) in [5.41, 5.74) is 10.9. The second-order valence-corrected chi connectivity index (χ2v) is 5.12. The van der Waals surface area contributed by atoms with E-state index in [2.05, 4.69) is 31.1 Å². The molecule has 0 saturated heterocycles. The maximum Gasteiger partial charge on any atom is 0.170 e. The van der Waals surface area contributed by atoms with Crippen LogP contribution in [0.4, 0.5) is 0 Å². The minimum atomic E-state index is 0.0759. The molecule has 110 valence electrons. The molecule has 21 heavy (non-hydrogen) atoms. The number of hydrogen-bond acceptors (Lipinski definition) is 3. The van der Waals surface area contributed by atoms with E-state index in [9.17, 15) is 0 Å². The summed E-state index contributed by atoms with van der Waals surface area (Å²) >= 11 is 0. The fraction of sp³-hybridized carbons (Fsp3) is 0.235. The molecule has 0 aliphatic heterocycles. The molecule has 0 saturated carbocycles. The van der Waals surface area contributed by atoms with Crippen LogP contribution >= 0.6 is 0 Å². The van der Waals surface area contributed by atoms with E-state index >= 15 is 0 Å². The Bertz CT molecular complexity index is 658. The molecule has 3 N–H and O–H groups in total. The molecular formula is C17H20N2O2. The van der Waals surface area contributed by atoms with Crippen molar-refractivity contribution in [3.05, 3.63) is 64.2 Å². The van der Waals surface area contributed by atoms with E-state index in [4.69, 9.17) is 15.7 Å². The molecule has 2 rings (SSSR count). The molecule has 0 unspecified atom stereocenters. The van der Waals surface area contributed by atoms with Gasteiger partial charge in [-0.15, -0.1) is 0 Å². The van der Waals surface area contributed by atoms with Gasteiger partial charge in [-0.3, -0.25) is 0 Å². The third-order valence-electron chi connectivity index (χ3n) is 3.61. The van der Waals surface area contributed by atoms with Crippen LogP contribution in [0, 0.1) is 20.8 Å². The molecule has 0 fully saturated rings. The molecular weight excluding hydrogens is 264 g/mol. The Kier molecular flexibility index (Phi) is 4.48. The smallest absolute Gasteiger partial charge is 0.170 e. The number of ether oxygens (including phenoxy) is 1. The largest absolute Gasteiger partial charge is 0.489 e. The monoisotopic (exact) mass is 284 g/mol. The molecule has 0 radical (unpaired) electrons. The Morgan fingerprint density at radius 2 is 1.76 bits per heavy atom. The van der Waals surface area contributed by atoms with Gasteiger partial charge in [-0.1, -0.05) is 35.5 Å². The van der Waals surface area contributed by atoms with Crippen molar-refractivity contribution in [3.8, 4) is 5.75 Å². The summed E-state index contributed by atoms with van der Waals surface area (Å²) in [5, 5.41) is 11.8. The summed E-state index contributed by atoms with van der Waals surface area (Å²) in [7, 11) is 0. The SMILES string of the molecule is Cc1ccc(/C(N)=N/O)cc1OCc1c(C)cccc1C. The number of oxime groups is 1.